The number of ether oxygens (including phenoxy) is 2. The molecule has 7 rings (SSSR count). The minimum atomic E-state index is -0.198. The second-order valence-electron chi connectivity index (χ2n) is 12.5. The Morgan fingerprint density at radius 3 is 2.54 bits per heavy atom. The molecule has 3 N–H and O–H groups in total. The average molecular weight is 666 g/mol. The van der Waals surface area contributed by atoms with Crippen LogP contribution in [0.5, 0.6) is 5.75 Å². The number of carbonyl (C=O) groups excluding carboxylic acids is 1. The Balaban J connectivity index is 1.01. The highest BCUT2D eigenvalue weighted by Crippen LogP contribution is 2.41. The highest BCUT2D eigenvalue weighted by molar-refractivity contribution is 7.18. The number of pyridine rings is 1. The lowest BCUT2D eigenvalue weighted by atomic mass is 10.0. The average Bonchev–Trinajstić information content (AvgIpc) is 3.72. The Kier molecular flexibility index (Phi) is 9.73. The fourth-order valence-electron chi connectivity index (χ4n) is 6.71. The summed E-state index contributed by atoms with van der Waals surface area (Å²) in [6.07, 6.45) is 6.28. The summed E-state index contributed by atoms with van der Waals surface area (Å²) in [5, 5.41) is 7.12. The van der Waals surface area contributed by atoms with Gasteiger partial charge in [0.25, 0.3) is 5.91 Å². The molecule has 0 aliphatic carbocycles. The zero-order valence-electron chi connectivity index (χ0n) is 27.7. The van der Waals surface area contributed by atoms with Gasteiger partial charge >= 0.3 is 0 Å². The van der Waals surface area contributed by atoms with E-state index in [4.69, 9.17) is 15.2 Å². The summed E-state index contributed by atoms with van der Waals surface area (Å²) in [5.74, 6) is 0.873. The van der Waals surface area contributed by atoms with E-state index in [-0.39, 0.29) is 5.91 Å². The Labute approximate surface area is 285 Å². The van der Waals surface area contributed by atoms with Crippen LogP contribution in [0.15, 0.2) is 66.2 Å². The zero-order chi connectivity index (χ0) is 33.0. The van der Waals surface area contributed by atoms with Crippen LogP contribution in [0, 0.1) is 0 Å². The van der Waals surface area contributed by atoms with Gasteiger partial charge in [0.15, 0.2) is 0 Å². The molecule has 2 aliphatic rings. The summed E-state index contributed by atoms with van der Waals surface area (Å²) in [7, 11) is 3.51. The number of hydrogen-bond acceptors (Lipinski definition) is 9. The number of carbonyl (C=O) groups is 1. The number of anilines is 2. The van der Waals surface area contributed by atoms with E-state index in [9.17, 15) is 4.79 Å². The van der Waals surface area contributed by atoms with E-state index in [0.29, 0.717) is 22.9 Å². The normalized spacial score (nSPS) is 16.7. The molecule has 250 valence electrons. The van der Waals surface area contributed by atoms with Gasteiger partial charge in [-0.05, 0) is 35.2 Å². The van der Waals surface area contributed by atoms with Crippen molar-refractivity contribution in [1.29, 1.82) is 0 Å². The molecule has 2 aliphatic heterocycles. The molecule has 0 bridgehead atoms. The van der Waals surface area contributed by atoms with Gasteiger partial charge in [0.2, 0.25) is 0 Å². The fourth-order valence-corrected chi connectivity index (χ4v) is 7.78. The van der Waals surface area contributed by atoms with Gasteiger partial charge in [0.05, 0.1) is 26.0 Å². The Bertz CT molecular complexity index is 1940. The first kappa shape index (κ1) is 32.3. The molecule has 5 heterocycles. The van der Waals surface area contributed by atoms with Crippen molar-refractivity contribution in [3.05, 3.63) is 77.4 Å². The van der Waals surface area contributed by atoms with Gasteiger partial charge in [0.1, 0.15) is 17.3 Å². The number of piperazine rings is 1. The van der Waals surface area contributed by atoms with Gasteiger partial charge in [-0.1, -0.05) is 36.4 Å². The molecule has 10 nitrogen and oxygen atoms in total. The van der Waals surface area contributed by atoms with E-state index < -0.39 is 0 Å². The monoisotopic (exact) mass is 665 g/mol. The minimum Gasteiger partial charge on any atom is -0.495 e. The van der Waals surface area contributed by atoms with Crippen LogP contribution in [-0.2, 0) is 11.8 Å². The number of nitrogens with two attached hydrogens (primary N) is 1. The molecule has 1 amide bonds. The SMILES string of the molecule is COc1cc(-c2csc3c(C=CCN4CCN(CCN5CCOCC5)CC4)cnc(N)c23)ccc1NC(=O)c1cc2ccccc2n1C. The molecule has 3 aromatic heterocycles. The van der Waals surface area contributed by atoms with E-state index in [1.165, 1.54) is 0 Å². The van der Waals surface area contributed by atoms with Crippen LogP contribution < -0.4 is 15.8 Å². The summed E-state index contributed by atoms with van der Waals surface area (Å²) < 4.78 is 14.2. The molecule has 5 aromatic rings. The van der Waals surface area contributed by atoms with Crippen molar-refractivity contribution in [2.75, 3.05) is 90.3 Å². The van der Waals surface area contributed by atoms with Crippen molar-refractivity contribution in [2.24, 2.45) is 7.05 Å². The molecule has 0 unspecified atom stereocenters. The molecule has 0 saturated carbocycles. The lowest BCUT2D eigenvalue weighted by Crippen LogP contribution is -2.49. The quantitative estimate of drug-likeness (QED) is 0.209. The number of benzene rings is 2. The van der Waals surface area contributed by atoms with Crippen LogP contribution in [0.25, 0.3) is 38.2 Å². The molecule has 11 heteroatoms. The number of methoxy groups -OCH3 is 1. The first-order valence-electron chi connectivity index (χ1n) is 16.6. The van der Waals surface area contributed by atoms with E-state index >= 15 is 0 Å². The van der Waals surface area contributed by atoms with Crippen molar-refractivity contribution in [2.45, 2.75) is 0 Å². The molecule has 0 radical (unpaired) electrons. The summed E-state index contributed by atoms with van der Waals surface area (Å²) in [5.41, 5.74) is 11.7. The number of para-hydroxylation sites is 1. The Hall–Kier alpha value is -4.26. The number of nitrogen functional groups attached to an aromatic ring is 1. The maximum Gasteiger partial charge on any atom is 0.272 e. The van der Waals surface area contributed by atoms with Gasteiger partial charge in [-0.3, -0.25) is 19.5 Å². The number of fused-ring (bicyclic) bond motifs is 2. The van der Waals surface area contributed by atoms with Crippen molar-refractivity contribution >= 4 is 55.8 Å². The predicted molar refractivity (Wildman–Crippen MR) is 196 cm³/mol. The van der Waals surface area contributed by atoms with Gasteiger partial charge in [-0.15, -0.1) is 11.3 Å². The van der Waals surface area contributed by atoms with E-state index in [2.05, 4.69) is 42.5 Å². The minimum absolute atomic E-state index is 0.198. The Morgan fingerprint density at radius 2 is 1.77 bits per heavy atom. The maximum absolute atomic E-state index is 13.3. The second-order valence-corrected chi connectivity index (χ2v) is 13.3. The number of hydrogen-bond donors (Lipinski definition) is 2. The largest absolute Gasteiger partial charge is 0.495 e. The number of aryl methyl sites for hydroxylation is 1. The van der Waals surface area contributed by atoms with E-state index in [1.54, 1.807) is 18.4 Å². The number of nitrogens with zero attached hydrogens (tertiary/aromatic N) is 5. The zero-order valence-corrected chi connectivity index (χ0v) is 28.5. The molecule has 0 spiro atoms. The van der Waals surface area contributed by atoms with Crippen LogP contribution in [-0.4, -0.2) is 109 Å². The Morgan fingerprint density at radius 1 is 1.02 bits per heavy atom. The summed E-state index contributed by atoms with van der Waals surface area (Å²) in [6, 6.07) is 15.7. The van der Waals surface area contributed by atoms with Crippen LogP contribution in [0.3, 0.4) is 0 Å². The lowest BCUT2D eigenvalue weighted by molar-refractivity contribution is 0.0303. The maximum atomic E-state index is 13.3. The van der Waals surface area contributed by atoms with Crippen LogP contribution >= 0.6 is 11.3 Å². The van der Waals surface area contributed by atoms with Crippen molar-refractivity contribution in [3.8, 4) is 16.9 Å². The molecule has 2 aromatic carbocycles. The van der Waals surface area contributed by atoms with Crippen molar-refractivity contribution in [1.82, 2.24) is 24.3 Å². The second kappa shape index (κ2) is 14.5. The highest BCUT2D eigenvalue weighted by atomic mass is 32.1. The number of aromatic nitrogens is 2. The third-order valence-corrected chi connectivity index (χ3v) is 10.6. The lowest BCUT2D eigenvalue weighted by Gasteiger charge is -2.36. The molecular formula is C37H43N7O3S. The summed E-state index contributed by atoms with van der Waals surface area (Å²) >= 11 is 1.67. The standard InChI is InChI=1S/C37H43N7O3S/c1-41-31-8-4-3-6-27(31)22-32(41)37(45)40-30-10-9-26(23-33(30)46-2)29-25-48-35-28(24-39-36(38)34(29)35)7-5-11-42-12-14-43(15-13-42)16-17-44-18-20-47-21-19-44/h3-10,22-25H,11-21H2,1-2H3,(H2,38,39)(H,40,45). The molecule has 2 saturated heterocycles. The smallest absolute Gasteiger partial charge is 0.272 e. The van der Waals surface area contributed by atoms with Gasteiger partial charge < -0.3 is 25.1 Å². The topological polar surface area (TPSA) is 101 Å². The number of morpholine rings is 1. The predicted octanol–water partition coefficient (Wildman–Crippen LogP) is 5.26. The first-order chi connectivity index (χ1) is 23.5. The van der Waals surface area contributed by atoms with Crippen LogP contribution in [0.1, 0.15) is 16.1 Å². The first-order valence-corrected chi connectivity index (χ1v) is 17.5. The van der Waals surface area contributed by atoms with E-state index in [0.717, 1.165) is 110 Å². The van der Waals surface area contributed by atoms with Crippen molar-refractivity contribution in [3.63, 3.8) is 0 Å². The number of thiophene rings is 1. The number of rotatable bonds is 10. The van der Waals surface area contributed by atoms with Crippen LogP contribution in [0.4, 0.5) is 11.5 Å². The molecule has 0 atom stereocenters. The van der Waals surface area contributed by atoms with Crippen LogP contribution in [0.2, 0.25) is 0 Å². The van der Waals surface area contributed by atoms with Gasteiger partial charge in [-0.2, -0.15) is 0 Å². The number of nitrogens with one attached hydrogen (secondary N) is 1. The molecule has 48 heavy (non-hydrogen) atoms. The molecule has 2 fully saturated rings. The van der Waals surface area contributed by atoms with Gasteiger partial charge in [0, 0.05) is 104 Å². The fraction of sp³-hybridized carbons (Fsp3) is 0.351. The van der Waals surface area contributed by atoms with Crippen molar-refractivity contribution < 1.29 is 14.3 Å². The number of amides is 1. The molecular weight excluding hydrogens is 623 g/mol. The summed E-state index contributed by atoms with van der Waals surface area (Å²) in [4.78, 5) is 25.5. The third kappa shape index (κ3) is 6.83. The third-order valence-electron chi connectivity index (χ3n) is 9.56. The summed E-state index contributed by atoms with van der Waals surface area (Å²) in [6.45, 7) is 11.4. The highest BCUT2D eigenvalue weighted by Gasteiger charge is 2.20. The van der Waals surface area contributed by atoms with Gasteiger partial charge in [-0.25, -0.2) is 4.98 Å². The van der Waals surface area contributed by atoms with E-state index in [1.807, 2.05) is 66.3 Å².